The molecule has 1 aliphatic rings. The number of carbonyl (C=O) groups is 3. The first-order valence-corrected chi connectivity index (χ1v) is 9.09. The lowest BCUT2D eigenvalue weighted by molar-refractivity contribution is 0.0472. The lowest BCUT2D eigenvalue weighted by Crippen LogP contribution is -2.31. The molecule has 0 aliphatic carbocycles. The molecule has 0 aromatic heterocycles. The Morgan fingerprint density at radius 3 is 2.48 bits per heavy atom. The topological polar surface area (TPSA) is 63.7 Å². The highest BCUT2D eigenvalue weighted by atomic mass is 16.5. The van der Waals surface area contributed by atoms with Crippen LogP contribution in [0.15, 0.2) is 42.5 Å². The first-order chi connectivity index (χ1) is 12.9. The third-order valence-corrected chi connectivity index (χ3v) is 4.59. The monoisotopic (exact) mass is 365 g/mol. The summed E-state index contributed by atoms with van der Waals surface area (Å²) in [6.45, 7) is 6.60. The van der Waals surface area contributed by atoms with E-state index >= 15 is 0 Å². The van der Waals surface area contributed by atoms with Crippen molar-refractivity contribution < 1.29 is 19.1 Å². The van der Waals surface area contributed by atoms with E-state index in [1.54, 1.807) is 0 Å². The van der Waals surface area contributed by atoms with E-state index in [2.05, 4.69) is 0 Å². The standard InChI is InChI=1S/C22H23NO4/c1-14(2)9-10-23-20(24)18-8-7-17(12-19(18)21(23)25)22(26)27-13-16-6-4-5-15(3)11-16/h4-8,11-12,14H,9-10,13H2,1-3H3. The van der Waals surface area contributed by atoms with E-state index in [9.17, 15) is 14.4 Å². The first-order valence-electron chi connectivity index (χ1n) is 9.09. The van der Waals surface area contributed by atoms with Crippen molar-refractivity contribution in [2.75, 3.05) is 6.54 Å². The smallest absolute Gasteiger partial charge is 0.338 e. The second-order valence-electron chi connectivity index (χ2n) is 7.27. The Morgan fingerprint density at radius 2 is 1.78 bits per heavy atom. The lowest BCUT2D eigenvalue weighted by Gasteiger charge is -2.14. The minimum absolute atomic E-state index is 0.158. The summed E-state index contributed by atoms with van der Waals surface area (Å²) in [7, 11) is 0. The molecule has 2 aromatic carbocycles. The van der Waals surface area contributed by atoms with Gasteiger partial charge in [0.05, 0.1) is 16.7 Å². The van der Waals surface area contributed by atoms with Gasteiger partial charge in [-0.2, -0.15) is 0 Å². The molecule has 0 bridgehead atoms. The molecule has 0 unspecified atom stereocenters. The fraction of sp³-hybridized carbons (Fsp3) is 0.318. The number of fused-ring (bicyclic) bond motifs is 1. The van der Waals surface area contributed by atoms with Crippen LogP contribution in [0.4, 0.5) is 0 Å². The molecule has 1 heterocycles. The summed E-state index contributed by atoms with van der Waals surface area (Å²) in [5.41, 5.74) is 2.88. The molecule has 0 atom stereocenters. The molecule has 2 aromatic rings. The zero-order valence-electron chi connectivity index (χ0n) is 15.8. The Bertz CT molecular complexity index is 901. The van der Waals surface area contributed by atoms with Gasteiger partial charge in [-0.05, 0) is 43.0 Å². The Labute approximate surface area is 158 Å². The van der Waals surface area contributed by atoms with Crippen LogP contribution >= 0.6 is 0 Å². The summed E-state index contributed by atoms with van der Waals surface area (Å²) in [5.74, 6) is -0.763. The molecule has 0 radical (unpaired) electrons. The van der Waals surface area contributed by atoms with Crippen molar-refractivity contribution in [3.05, 3.63) is 70.3 Å². The van der Waals surface area contributed by atoms with Crippen molar-refractivity contribution in [2.45, 2.75) is 33.8 Å². The molecule has 140 valence electrons. The Hall–Kier alpha value is -2.95. The van der Waals surface area contributed by atoms with Crippen LogP contribution in [0.25, 0.3) is 0 Å². The molecule has 0 fully saturated rings. The predicted molar refractivity (Wildman–Crippen MR) is 102 cm³/mol. The predicted octanol–water partition coefficient (Wildman–Crippen LogP) is 3.99. The molecule has 0 saturated carbocycles. The van der Waals surface area contributed by atoms with Crippen molar-refractivity contribution in [2.24, 2.45) is 5.92 Å². The number of hydrogen-bond acceptors (Lipinski definition) is 4. The van der Waals surface area contributed by atoms with Crippen LogP contribution in [-0.2, 0) is 11.3 Å². The molecule has 5 nitrogen and oxygen atoms in total. The summed E-state index contributed by atoms with van der Waals surface area (Å²) in [6, 6.07) is 12.2. The van der Waals surface area contributed by atoms with Crippen LogP contribution in [0.1, 0.15) is 62.5 Å². The molecule has 1 aliphatic heterocycles. The van der Waals surface area contributed by atoms with Gasteiger partial charge in [-0.25, -0.2) is 4.79 Å². The SMILES string of the molecule is Cc1cccc(COC(=O)c2ccc3c(c2)C(=O)N(CCC(C)C)C3=O)c1. The van der Waals surface area contributed by atoms with Crippen LogP contribution in [-0.4, -0.2) is 29.2 Å². The highest BCUT2D eigenvalue weighted by Gasteiger charge is 2.35. The quantitative estimate of drug-likeness (QED) is 0.573. The van der Waals surface area contributed by atoms with Crippen molar-refractivity contribution in [1.82, 2.24) is 4.90 Å². The van der Waals surface area contributed by atoms with Gasteiger partial charge in [0.1, 0.15) is 6.61 Å². The first kappa shape index (κ1) is 18.8. The normalized spacial score (nSPS) is 13.3. The molecule has 2 amide bonds. The zero-order valence-corrected chi connectivity index (χ0v) is 15.8. The zero-order chi connectivity index (χ0) is 19.6. The third kappa shape index (κ3) is 4.08. The van der Waals surface area contributed by atoms with E-state index in [0.717, 1.165) is 17.5 Å². The van der Waals surface area contributed by atoms with E-state index in [1.165, 1.54) is 23.1 Å². The van der Waals surface area contributed by atoms with Crippen molar-refractivity contribution in [3.63, 3.8) is 0 Å². The van der Waals surface area contributed by atoms with Gasteiger partial charge in [0.15, 0.2) is 0 Å². The second-order valence-corrected chi connectivity index (χ2v) is 7.27. The van der Waals surface area contributed by atoms with E-state index in [-0.39, 0.29) is 29.5 Å². The van der Waals surface area contributed by atoms with Crippen LogP contribution in [0.5, 0.6) is 0 Å². The molecular weight excluding hydrogens is 342 g/mol. The molecule has 0 saturated heterocycles. The van der Waals surface area contributed by atoms with Crippen LogP contribution in [0.3, 0.4) is 0 Å². The number of benzene rings is 2. The number of imide groups is 1. The molecule has 0 spiro atoms. The molecule has 5 heteroatoms. The molecule has 27 heavy (non-hydrogen) atoms. The maximum Gasteiger partial charge on any atom is 0.338 e. The molecule has 0 N–H and O–H groups in total. The minimum atomic E-state index is -0.514. The number of nitrogens with zero attached hydrogens (tertiary/aromatic N) is 1. The fourth-order valence-corrected chi connectivity index (χ4v) is 3.04. The van der Waals surface area contributed by atoms with E-state index in [1.807, 2.05) is 45.0 Å². The number of rotatable bonds is 6. The number of ether oxygens (including phenoxy) is 1. The number of aryl methyl sites for hydroxylation is 1. The van der Waals surface area contributed by atoms with E-state index < -0.39 is 5.97 Å². The van der Waals surface area contributed by atoms with Gasteiger partial charge >= 0.3 is 5.97 Å². The van der Waals surface area contributed by atoms with Gasteiger partial charge in [0.2, 0.25) is 0 Å². The highest BCUT2D eigenvalue weighted by molar-refractivity contribution is 6.21. The van der Waals surface area contributed by atoms with Gasteiger partial charge in [-0.1, -0.05) is 43.7 Å². The maximum absolute atomic E-state index is 12.6. The van der Waals surface area contributed by atoms with Crippen LogP contribution < -0.4 is 0 Å². The largest absolute Gasteiger partial charge is 0.457 e. The van der Waals surface area contributed by atoms with Gasteiger partial charge < -0.3 is 4.74 Å². The summed E-state index contributed by atoms with van der Waals surface area (Å²) in [6.07, 6.45) is 0.747. The van der Waals surface area contributed by atoms with E-state index in [4.69, 9.17) is 4.74 Å². The number of hydrogen-bond donors (Lipinski definition) is 0. The van der Waals surface area contributed by atoms with Crippen molar-refractivity contribution in [3.8, 4) is 0 Å². The van der Waals surface area contributed by atoms with Gasteiger partial charge in [0, 0.05) is 6.54 Å². The van der Waals surface area contributed by atoms with Crippen LogP contribution in [0, 0.1) is 12.8 Å². The summed E-state index contributed by atoms with van der Waals surface area (Å²) < 4.78 is 5.35. The summed E-state index contributed by atoms with van der Waals surface area (Å²) >= 11 is 0. The Morgan fingerprint density at radius 1 is 1.04 bits per heavy atom. The maximum atomic E-state index is 12.6. The Kier molecular flexibility index (Phi) is 5.40. The van der Waals surface area contributed by atoms with Crippen molar-refractivity contribution >= 4 is 17.8 Å². The second kappa shape index (κ2) is 7.74. The minimum Gasteiger partial charge on any atom is -0.457 e. The average molecular weight is 365 g/mol. The van der Waals surface area contributed by atoms with Gasteiger partial charge in [-0.15, -0.1) is 0 Å². The Balaban J connectivity index is 1.72. The van der Waals surface area contributed by atoms with Gasteiger partial charge in [0.25, 0.3) is 11.8 Å². The number of esters is 1. The van der Waals surface area contributed by atoms with Crippen molar-refractivity contribution in [1.29, 1.82) is 0 Å². The van der Waals surface area contributed by atoms with E-state index in [0.29, 0.717) is 18.0 Å². The number of carbonyl (C=O) groups excluding carboxylic acids is 3. The average Bonchev–Trinajstić information content (AvgIpc) is 2.88. The molecule has 3 rings (SSSR count). The van der Waals surface area contributed by atoms with Crippen LogP contribution in [0.2, 0.25) is 0 Å². The lowest BCUT2D eigenvalue weighted by atomic mass is 10.1. The number of amides is 2. The summed E-state index contributed by atoms with van der Waals surface area (Å²) in [4.78, 5) is 38.6. The summed E-state index contributed by atoms with van der Waals surface area (Å²) in [5, 5.41) is 0. The highest BCUT2D eigenvalue weighted by Crippen LogP contribution is 2.25. The third-order valence-electron chi connectivity index (χ3n) is 4.59. The molecular formula is C22H23NO4. The fourth-order valence-electron chi connectivity index (χ4n) is 3.04. The van der Waals surface area contributed by atoms with Gasteiger partial charge in [-0.3, -0.25) is 14.5 Å².